The average molecular weight is 2100 g/mol. The van der Waals surface area contributed by atoms with E-state index in [0.717, 1.165) is 0 Å². The van der Waals surface area contributed by atoms with Gasteiger partial charge in [-0.1, -0.05) is 6.07 Å². The van der Waals surface area contributed by atoms with Crippen molar-refractivity contribution in [1.82, 2.24) is 25.7 Å². The Labute approximate surface area is 858 Å². The summed E-state index contributed by atoms with van der Waals surface area (Å²) in [4.78, 5) is 87.5. The van der Waals surface area contributed by atoms with Crippen LogP contribution in [0.3, 0.4) is 0 Å². The number of aromatic carboxylic acids is 1. The molecule has 0 amide bonds. The van der Waals surface area contributed by atoms with Crippen LogP contribution in [-0.2, 0) is 99.8 Å². The van der Waals surface area contributed by atoms with E-state index in [4.69, 9.17) is 120 Å². The zero-order valence-electron chi connectivity index (χ0n) is 84.8. The van der Waals surface area contributed by atoms with Crippen LogP contribution in [0.25, 0.3) is 5.69 Å². The molecular formula is C99H134N10O40. The van der Waals surface area contributed by atoms with Crippen LogP contribution in [0.1, 0.15) is 72.9 Å². The van der Waals surface area contributed by atoms with E-state index in [2.05, 4.69) is 46.0 Å². The number of hydrogen-bond acceptors (Lipinski definition) is 43. The van der Waals surface area contributed by atoms with Crippen molar-refractivity contribution in [3.05, 3.63) is 155 Å². The van der Waals surface area contributed by atoms with Gasteiger partial charge in [0.15, 0.2) is 44.9 Å². The van der Waals surface area contributed by atoms with Crippen LogP contribution in [0.15, 0.2) is 146 Å². The number of phenolic OH excluding ortho intramolecular Hbond substituents is 6. The van der Waals surface area contributed by atoms with E-state index < -0.39 is 63.5 Å². The lowest BCUT2D eigenvalue weighted by Gasteiger charge is -2.19. The molecule has 5 aliphatic rings. The SMILES string of the molecule is COCCOCCOCCOc1ccc(C2=NC(C)(C(=O)O)CO2)c(O)c1.COCCOCCOCCOc1ccc(C2=NCC(C)(C(=O)O)N2)c(O)c1.COCCOCCOc1ccc(-n2ccc(C(=O)O)n2)c(O)c1.COCCOCCOc1ccc(C2=NC(C)(C(=O)O)CO2)c(O)c1.COCCOCCOc1ccc(C2=NCC(C)(C(=O)O)N2)c(O)c1.COCCOCCOc1cccc(C2=NCC(C)(C(=O)O)N2)c1O. The highest BCUT2D eigenvalue weighted by Gasteiger charge is 2.44. The van der Waals surface area contributed by atoms with Crippen molar-refractivity contribution in [1.29, 1.82) is 0 Å². The second-order valence-electron chi connectivity index (χ2n) is 33.3. The lowest BCUT2D eigenvalue weighted by atomic mass is 10.0. The molecule has 1 aromatic heterocycles. The van der Waals surface area contributed by atoms with Crippen LogP contribution in [0, 0.1) is 0 Å². The van der Waals surface area contributed by atoms with Gasteiger partial charge in [-0.05, 0) is 113 Å². The number of methoxy groups -OCH3 is 6. The first-order chi connectivity index (χ1) is 71.4. The monoisotopic (exact) mass is 2100 g/mol. The standard InChI is InChI=1S/C18H26N2O7.C18H25NO8.2C16H22N2O6.C16H21NO7.C15H18N2O6/c1-18(17(22)23)12-19-16(20-18)14-4-3-13(11-15(14)21)27-10-9-26-8-7-25-6-5-24-2;1-18(17(21)22)12-27-16(19-18)14-4-3-13(11-15(14)20)26-10-9-25-8-7-24-6-5-23-2;1-16(15(20)21)10-17-14(18-16)12-4-3-11(9-13(12)19)24-8-7-23-6-5-22-2;1-16(15(20)21)10-17-14(18-16)11-4-3-5-12(13(11)19)24-9-8-23-7-6-22-2;1-16(15(19)20)10-24-14(17-16)12-4-3-11(9-13(12)18)23-8-7-22-6-5-21-2;1-21-6-7-22-8-9-23-11-2-3-13(14(18)10-11)17-5-4-12(16-17)15(19)20/h3-4,11,21H,5-10,12H2,1-2H3,(H,19,20)(H,22,23);3-4,11,20H,5-10,12H2,1-2H3,(H,21,22);3-4,9,19H,5-8,10H2,1-2H3,(H,17,18)(H,20,21);3-5,19H,6-10H2,1-2H3,(H,17,18)(H,20,21);3-4,9,18H,5-8,10H2,1-2H3,(H,19,20);2-5,10,18H,6-9H2,1H3,(H,19,20). The van der Waals surface area contributed by atoms with E-state index in [0.29, 0.717) is 258 Å². The smallest absolute Gasteiger partial charge is 0.356 e. The van der Waals surface area contributed by atoms with Gasteiger partial charge in [0.25, 0.3) is 0 Å². The lowest BCUT2D eigenvalue weighted by Crippen LogP contribution is -2.50. The van der Waals surface area contributed by atoms with Gasteiger partial charge in [0, 0.05) is 79.2 Å². The molecule has 149 heavy (non-hydrogen) atoms. The highest BCUT2D eigenvalue weighted by molar-refractivity contribution is 6.08. The summed E-state index contributed by atoms with van der Waals surface area (Å²) in [7, 11) is 9.63. The number of nitrogens with zero attached hydrogens (tertiary/aromatic N) is 7. The predicted octanol–water partition coefficient (Wildman–Crippen LogP) is 5.34. The first-order valence-corrected chi connectivity index (χ1v) is 46.6. The van der Waals surface area contributed by atoms with Crippen LogP contribution < -0.4 is 44.4 Å². The fourth-order valence-corrected chi connectivity index (χ4v) is 12.6. The molecule has 0 saturated heterocycles. The zero-order chi connectivity index (χ0) is 109. The Kier molecular flexibility index (Phi) is 51.8. The molecular weight excluding hydrogens is 1970 g/mol. The maximum absolute atomic E-state index is 11.3. The Morgan fingerprint density at radius 2 is 0.597 bits per heavy atom. The van der Waals surface area contributed by atoms with Crippen molar-refractivity contribution in [2.75, 3.05) is 260 Å². The van der Waals surface area contributed by atoms with Crippen molar-refractivity contribution in [2.45, 2.75) is 62.3 Å². The highest BCUT2D eigenvalue weighted by atomic mass is 16.6. The van der Waals surface area contributed by atoms with Gasteiger partial charge in [-0.3, -0.25) is 15.0 Å². The molecule has 5 atom stereocenters. The molecule has 50 nitrogen and oxygen atoms in total. The number of aromatic hydroxyl groups is 6. The van der Waals surface area contributed by atoms with Crippen molar-refractivity contribution < 1.29 is 194 Å². The highest BCUT2D eigenvalue weighted by Crippen LogP contribution is 2.36. The molecule has 0 saturated carbocycles. The maximum Gasteiger partial charge on any atom is 0.356 e. The molecule has 820 valence electrons. The van der Waals surface area contributed by atoms with Gasteiger partial charge in [-0.25, -0.2) is 43.4 Å². The number of aliphatic carboxylic acids is 5. The third kappa shape index (κ3) is 40.0. The van der Waals surface area contributed by atoms with Gasteiger partial charge in [0.1, 0.15) is 134 Å². The summed E-state index contributed by atoms with van der Waals surface area (Å²) in [5, 5.41) is 128. The Morgan fingerprint density at radius 3 is 0.859 bits per heavy atom. The quantitative estimate of drug-likeness (QED) is 0.0214. The van der Waals surface area contributed by atoms with Gasteiger partial charge in [-0.15, -0.1) is 0 Å². The van der Waals surface area contributed by atoms with Crippen molar-refractivity contribution >= 4 is 65.1 Å². The molecule has 6 aromatic carbocycles. The number of nitrogens with one attached hydrogen (secondary N) is 3. The summed E-state index contributed by atoms with van der Waals surface area (Å²) in [6.45, 7) is 20.1. The number of carbonyl (C=O) groups is 6. The summed E-state index contributed by atoms with van der Waals surface area (Å²) in [6, 6.07) is 29.9. The van der Waals surface area contributed by atoms with Crippen LogP contribution >= 0.6 is 0 Å². The first kappa shape index (κ1) is 122. The van der Waals surface area contributed by atoms with Gasteiger partial charge >= 0.3 is 35.8 Å². The number of hydrogen-bond donors (Lipinski definition) is 15. The van der Waals surface area contributed by atoms with Crippen LogP contribution in [0.2, 0.25) is 0 Å². The molecule has 0 radical (unpaired) electrons. The van der Waals surface area contributed by atoms with Gasteiger partial charge < -0.3 is 181 Å². The summed E-state index contributed by atoms with van der Waals surface area (Å²) in [6.07, 6.45) is 1.46. The van der Waals surface area contributed by atoms with E-state index in [1.165, 1.54) is 61.1 Å². The molecule has 7 aromatic rings. The van der Waals surface area contributed by atoms with E-state index in [1.807, 2.05) is 0 Å². The lowest BCUT2D eigenvalue weighted by molar-refractivity contribution is -0.143. The summed E-state index contributed by atoms with van der Waals surface area (Å²) >= 11 is 0. The number of rotatable bonds is 60. The second-order valence-corrected chi connectivity index (χ2v) is 33.3. The molecule has 5 aliphatic heterocycles. The molecule has 0 spiro atoms. The topological polar surface area (TPSA) is 664 Å². The molecule has 50 heteroatoms. The molecule has 6 heterocycles. The predicted molar refractivity (Wildman–Crippen MR) is 532 cm³/mol. The third-order valence-electron chi connectivity index (χ3n) is 21.3. The summed E-state index contributed by atoms with van der Waals surface area (Å²) in [5.41, 5.74) is -4.01. The number of amidine groups is 3. The minimum Gasteiger partial charge on any atom is -0.507 e. The number of phenols is 6. The fraction of sp³-hybridized carbons (Fsp3) is 0.495. The molecule has 15 N–H and O–H groups in total. The van der Waals surface area contributed by atoms with E-state index >= 15 is 0 Å². The van der Waals surface area contributed by atoms with Crippen molar-refractivity contribution in [2.24, 2.45) is 25.0 Å². The van der Waals surface area contributed by atoms with E-state index in [9.17, 15) is 74.7 Å². The second kappa shape index (κ2) is 63.4. The Balaban J connectivity index is 0.000000242. The number of aromatic nitrogens is 2. The first-order valence-electron chi connectivity index (χ1n) is 46.6. The maximum atomic E-state index is 11.3. The van der Waals surface area contributed by atoms with Gasteiger partial charge in [0.05, 0.1) is 193 Å². The van der Waals surface area contributed by atoms with Gasteiger partial charge in [0.2, 0.25) is 11.8 Å². The van der Waals surface area contributed by atoms with Crippen LogP contribution in [0.4, 0.5) is 0 Å². The molecule has 0 aliphatic carbocycles. The summed E-state index contributed by atoms with van der Waals surface area (Å²) < 4.78 is 116. The molecule has 0 fully saturated rings. The Bertz CT molecular complexity index is 5550. The summed E-state index contributed by atoms with van der Waals surface area (Å²) in [5.74, 6) is -2.81. The Hall–Kier alpha value is -14.3. The zero-order valence-corrected chi connectivity index (χ0v) is 84.8. The molecule has 5 unspecified atom stereocenters. The number of aliphatic imine (C=N–C) groups is 5. The largest absolute Gasteiger partial charge is 0.507 e. The minimum atomic E-state index is -1.35. The third-order valence-corrected chi connectivity index (χ3v) is 21.3. The number of benzene rings is 6. The number of para-hydroxylation sites is 1. The number of carboxylic acid groups (broad SMARTS) is 6. The van der Waals surface area contributed by atoms with Gasteiger partial charge in [-0.2, -0.15) is 5.10 Å². The van der Waals surface area contributed by atoms with Crippen LogP contribution in [0.5, 0.6) is 69.0 Å². The molecule has 12 rings (SSSR count). The minimum absolute atomic E-state index is 0.0336. The fourth-order valence-electron chi connectivity index (χ4n) is 12.6. The number of ether oxygens (including phenoxy) is 22. The van der Waals surface area contributed by atoms with E-state index in [-0.39, 0.29) is 97.2 Å². The average Bonchev–Trinajstić information content (AvgIpc) is 1.69. The van der Waals surface area contributed by atoms with Crippen molar-refractivity contribution in [3.63, 3.8) is 0 Å². The normalized spacial score (nSPS) is 18.0. The van der Waals surface area contributed by atoms with Crippen molar-refractivity contribution in [3.8, 4) is 74.7 Å². The van der Waals surface area contributed by atoms with Crippen LogP contribution in [-0.4, -0.2) is 424 Å². The Morgan fingerprint density at radius 1 is 0.322 bits per heavy atom. The molecule has 0 bridgehead atoms. The van der Waals surface area contributed by atoms with E-state index in [1.54, 1.807) is 142 Å². The number of carboxylic acids is 6.